The van der Waals surface area contributed by atoms with Crippen LogP contribution in [0.1, 0.15) is 25.3 Å². The number of hydrogen-bond donors (Lipinski definition) is 4. The SMILES string of the molecule is CSNC(=O)[C@H]1C[C@@H](NC(=O)C(C)(O)CC(=N)c2cc(F)cc(F)c2)CO1. The highest BCUT2D eigenvalue weighted by Crippen LogP contribution is 2.19. The van der Waals surface area contributed by atoms with E-state index in [9.17, 15) is 23.5 Å². The first-order valence-electron chi connectivity index (χ1n) is 8.14. The molecule has 10 heteroatoms. The number of carbonyl (C=O) groups excluding carboxylic acids is 2. The van der Waals surface area contributed by atoms with Crippen LogP contribution in [0.3, 0.4) is 0 Å². The van der Waals surface area contributed by atoms with Crippen molar-refractivity contribution >= 4 is 29.5 Å². The molecule has 0 aromatic heterocycles. The summed E-state index contributed by atoms with van der Waals surface area (Å²) >= 11 is 1.14. The fourth-order valence-electron chi connectivity index (χ4n) is 2.67. The Kier molecular flexibility index (Phi) is 6.90. The van der Waals surface area contributed by atoms with E-state index in [4.69, 9.17) is 10.1 Å². The third-order valence-corrected chi connectivity index (χ3v) is 4.45. The number of aliphatic hydroxyl groups is 1. The fraction of sp³-hybridized carbons (Fsp3) is 0.471. The molecule has 1 aromatic carbocycles. The number of benzene rings is 1. The summed E-state index contributed by atoms with van der Waals surface area (Å²) in [5, 5.41) is 20.9. The number of ether oxygens (including phenoxy) is 1. The standard InChI is InChI=1S/C17H21F2N3O4S/c1-17(25,7-13(20)9-3-10(18)5-11(19)4-9)16(24)21-12-6-14(26-8-12)15(23)22-27-2/h3-5,12,14,20,25H,6-8H2,1-2H3,(H,21,24)(H,22,23)/t12-,14-,17?/m1/s1. The second-order valence-electron chi connectivity index (χ2n) is 6.49. The molecule has 2 amide bonds. The van der Waals surface area contributed by atoms with Gasteiger partial charge in [-0.1, -0.05) is 11.9 Å². The first-order chi connectivity index (χ1) is 12.6. The van der Waals surface area contributed by atoms with Crippen molar-refractivity contribution < 1.29 is 28.2 Å². The molecule has 0 spiro atoms. The third-order valence-electron chi connectivity index (χ3n) is 4.05. The van der Waals surface area contributed by atoms with Gasteiger partial charge in [-0.15, -0.1) is 0 Å². The van der Waals surface area contributed by atoms with E-state index in [1.807, 2.05) is 0 Å². The molecule has 2 rings (SSSR count). The lowest BCUT2D eigenvalue weighted by Gasteiger charge is -2.24. The topological polar surface area (TPSA) is 112 Å². The van der Waals surface area contributed by atoms with Gasteiger partial charge in [0.15, 0.2) is 0 Å². The monoisotopic (exact) mass is 401 g/mol. The van der Waals surface area contributed by atoms with Crippen molar-refractivity contribution in [1.29, 1.82) is 5.41 Å². The van der Waals surface area contributed by atoms with E-state index in [-0.39, 0.29) is 30.2 Å². The smallest absolute Gasteiger partial charge is 0.259 e. The summed E-state index contributed by atoms with van der Waals surface area (Å²) in [7, 11) is 0. The van der Waals surface area contributed by atoms with Gasteiger partial charge in [-0.05, 0) is 19.1 Å². The van der Waals surface area contributed by atoms with E-state index in [1.165, 1.54) is 6.92 Å². The molecule has 27 heavy (non-hydrogen) atoms. The zero-order valence-electron chi connectivity index (χ0n) is 14.8. The van der Waals surface area contributed by atoms with Crippen molar-refractivity contribution in [3.8, 4) is 0 Å². The number of amides is 2. The molecule has 1 aliphatic heterocycles. The van der Waals surface area contributed by atoms with Gasteiger partial charge in [0.1, 0.15) is 23.3 Å². The summed E-state index contributed by atoms with van der Waals surface area (Å²) < 4.78 is 34.4. The molecular weight excluding hydrogens is 380 g/mol. The molecule has 1 aliphatic rings. The van der Waals surface area contributed by atoms with Gasteiger partial charge in [-0.2, -0.15) is 0 Å². The molecule has 1 fully saturated rings. The highest BCUT2D eigenvalue weighted by atomic mass is 32.2. The maximum absolute atomic E-state index is 13.3. The van der Waals surface area contributed by atoms with Crippen LogP contribution in [0.2, 0.25) is 0 Å². The summed E-state index contributed by atoms with van der Waals surface area (Å²) in [5.41, 5.74) is -2.31. The minimum Gasteiger partial charge on any atom is -0.380 e. The molecule has 1 saturated heterocycles. The van der Waals surface area contributed by atoms with Gasteiger partial charge in [0.05, 0.1) is 12.6 Å². The Balaban J connectivity index is 1.95. The maximum atomic E-state index is 13.3. The number of nitrogens with one attached hydrogen (secondary N) is 3. The minimum atomic E-state index is -1.97. The van der Waals surface area contributed by atoms with Gasteiger partial charge in [0.2, 0.25) is 0 Å². The second kappa shape index (κ2) is 8.77. The quantitative estimate of drug-likeness (QED) is 0.404. The Bertz CT molecular complexity index is 725. The predicted octanol–water partition coefficient (Wildman–Crippen LogP) is 1.14. The third kappa shape index (κ3) is 5.72. The maximum Gasteiger partial charge on any atom is 0.259 e. The highest BCUT2D eigenvalue weighted by molar-refractivity contribution is 7.97. The Morgan fingerprint density at radius 3 is 2.59 bits per heavy atom. The molecule has 1 aromatic rings. The lowest BCUT2D eigenvalue weighted by atomic mass is 9.93. The van der Waals surface area contributed by atoms with Crippen LogP contribution in [0.15, 0.2) is 18.2 Å². The van der Waals surface area contributed by atoms with Crippen molar-refractivity contribution in [2.75, 3.05) is 12.9 Å². The van der Waals surface area contributed by atoms with E-state index < -0.39 is 41.7 Å². The lowest BCUT2D eigenvalue weighted by molar-refractivity contribution is -0.138. The number of carbonyl (C=O) groups is 2. The Hall–Kier alpha value is -2.04. The number of rotatable bonds is 7. The summed E-state index contributed by atoms with van der Waals surface area (Å²) in [6, 6.07) is 2.12. The molecule has 4 N–H and O–H groups in total. The summed E-state index contributed by atoms with van der Waals surface area (Å²) in [5.74, 6) is -2.77. The van der Waals surface area contributed by atoms with Gasteiger partial charge in [0.25, 0.3) is 11.8 Å². The van der Waals surface area contributed by atoms with E-state index in [2.05, 4.69) is 10.0 Å². The normalized spacial score (nSPS) is 21.4. The van der Waals surface area contributed by atoms with Crippen LogP contribution >= 0.6 is 11.9 Å². The number of hydrogen-bond acceptors (Lipinski definition) is 6. The molecule has 0 aliphatic carbocycles. The summed E-state index contributed by atoms with van der Waals surface area (Å²) in [4.78, 5) is 24.1. The van der Waals surface area contributed by atoms with Gasteiger partial charge in [-0.25, -0.2) is 8.78 Å². The zero-order valence-corrected chi connectivity index (χ0v) is 15.7. The summed E-state index contributed by atoms with van der Waals surface area (Å²) in [6.07, 6.45) is 0.816. The minimum absolute atomic E-state index is 0.0569. The van der Waals surface area contributed by atoms with Crippen molar-refractivity contribution in [2.45, 2.75) is 37.5 Å². The average molecular weight is 401 g/mol. The molecule has 1 heterocycles. The second-order valence-corrected chi connectivity index (χ2v) is 7.10. The number of halogens is 2. The largest absolute Gasteiger partial charge is 0.380 e. The molecular formula is C17H21F2N3O4S. The van der Waals surface area contributed by atoms with E-state index >= 15 is 0 Å². The molecule has 3 atom stereocenters. The molecule has 0 radical (unpaired) electrons. The van der Waals surface area contributed by atoms with E-state index in [0.29, 0.717) is 6.07 Å². The highest BCUT2D eigenvalue weighted by Gasteiger charge is 2.37. The molecule has 7 nitrogen and oxygen atoms in total. The first-order valence-corrected chi connectivity index (χ1v) is 9.36. The Morgan fingerprint density at radius 2 is 2.00 bits per heavy atom. The average Bonchev–Trinajstić information content (AvgIpc) is 3.02. The van der Waals surface area contributed by atoms with Crippen LogP contribution in [0, 0.1) is 17.0 Å². The van der Waals surface area contributed by atoms with Gasteiger partial charge in [-0.3, -0.25) is 14.3 Å². The van der Waals surface area contributed by atoms with Crippen molar-refractivity contribution in [3.63, 3.8) is 0 Å². The van der Waals surface area contributed by atoms with Crippen LogP contribution in [-0.2, 0) is 14.3 Å². The van der Waals surface area contributed by atoms with Crippen molar-refractivity contribution in [2.24, 2.45) is 0 Å². The van der Waals surface area contributed by atoms with Crippen LogP contribution in [0.5, 0.6) is 0 Å². The summed E-state index contributed by atoms with van der Waals surface area (Å²) in [6.45, 7) is 1.32. The zero-order chi connectivity index (χ0) is 20.2. The van der Waals surface area contributed by atoms with Gasteiger partial charge >= 0.3 is 0 Å². The van der Waals surface area contributed by atoms with Crippen LogP contribution in [0.25, 0.3) is 0 Å². The van der Waals surface area contributed by atoms with Crippen molar-refractivity contribution in [3.05, 3.63) is 35.4 Å². The van der Waals surface area contributed by atoms with E-state index in [1.54, 1.807) is 6.26 Å². The van der Waals surface area contributed by atoms with Crippen LogP contribution < -0.4 is 10.0 Å². The lowest BCUT2D eigenvalue weighted by Crippen LogP contribution is -2.50. The van der Waals surface area contributed by atoms with Crippen LogP contribution in [0.4, 0.5) is 8.78 Å². The Labute approximate surface area is 159 Å². The van der Waals surface area contributed by atoms with Crippen LogP contribution in [-0.4, -0.2) is 53.2 Å². The van der Waals surface area contributed by atoms with E-state index in [0.717, 1.165) is 24.1 Å². The fourth-order valence-corrected chi connectivity index (χ4v) is 3.00. The Morgan fingerprint density at radius 1 is 1.37 bits per heavy atom. The van der Waals surface area contributed by atoms with Gasteiger partial charge < -0.3 is 20.6 Å². The van der Waals surface area contributed by atoms with Gasteiger partial charge in [0, 0.05) is 36.4 Å². The predicted molar refractivity (Wildman–Crippen MR) is 96.4 cm³/mol. The molecule has 0 bridgehead atoms. The first kappa shape index (κ1) is 21.3. The molecule has 0 saturated carbocycles. The molecule has 148 valence electrons. The molecule has 1 unspecified atom stereocenters. The van der Waals surface area contributed by atoms with Crippen molar-refractivity contribution in [1.82, 2.24) is 10.0 Å².